The van der Waals surface area contributed by atoms with Gasteiger partial charge < -0.3 is 29.9 Å². The van der Waals surface area contributed by atoms with Gasteiger partial charge in [0.05, 0.1) is 19.5 Å². The second-order valence-electron chi connectivity index (χ2n) is 6.40. The molecule has 0 spiro atoms. The number of nitrogens with zero attached hydrogens (tertiary/aromatic N) is 3. The van der Waals surface area contributed by atoms with Crippen molar-refractivity contribution in [3.63, 3.8) is 0 Å². The number of aromatic carboxylic acids is 1. The van der Waals surface area contributed by atoms with E-state index in [0.717, 1.165) is 0 Å². The van der Waals surface area contributed by atoms with Crippen molar-refractivity contribution in [2.24, 2.45) is 0 Å². The molecule has 0 saturated carbocycles. The average Bonchev–Trinajstić information content (AvgIpc) is 3.09. The van der Waals surface area contributed by atoms with Crippen LogP contribution < -0.4 is 4.74 Å². The van der Waals surface area contributed by atoms with Gasteiger partial charge in [0.2, 0.25) is 5.91 Å². The lowest BCUT2D eigenvalue weighted by atomic mass is 9.82. The van der Waals surface area contributed by atoms with E-state index in [2.05, 4.69) is 15.2 Å². The van der Waals surface area contributed by atoms with Crippen LogP contribution >= 0.6 is 0 Å². The lowest BCUT2D eigenvalue weighted by Gasteiger charge is -2.39. The second-order valence-corrected chi connectivity index (χ2v) is 6.40. The lowest BCUT2D eigenvalue weighted by molar-refractivity contribution is -0.139. The van der Waals surface area contributed by atoms with Crippen LogP contribution in [-0.2, 0) is 17.6 Å². The molecule has 0 unspecified atom stereocenters. The molecule has 2 heterocycles. The molecule has 1 aliphatic heterocycles. The number of phenols is 1. The molecule has 1 aromatic heterocycles. The van der Waals surface area contributed by atoms with E-state index in [1.165, 1.54) is 18.5 Å². The quantitative estimate of drug-likeness (QED) is 0.357. The monoisotopic (exact) mass is 390 g/mol. The van der Waals surface area contributed by atoms with Crippen LogP contribution in [0.1, 0.15) is 21.7 Å². The van der Waals surface area contributed by atoms with Crippen LogP contribution in [0.15, 0.2) is 18.5 Å². The highest BCUT2D eigenvalue weighted by molar-refractivity contribution is 6.41. The maximum absolute atomic E-state index is 12.1. The van der Waals surface area contributed by atoms with Gasteiger partial charge in [-0.2, -0.15) is 5.10 Å². The van der Waals surface area contributed by atoms with Gasteiger partial charge in [0.25, 0.3) is 0 Å². The summed E-state index contributed by atoms with van der Waals surface area (Å²) in [5.41, 5.74) is -0.120. The van der Waals surface area contributed by atoms with E-state index in [1.807, 2.05) is 0 Å². The number of hydrogen-bond acceptors (Lipinski definition) is 8. The van der Waals surface area contributed by atoms with E-state index < -0.39 is 30.5 Å². The number of amides is 1. The van der Waals surface area contributed by atoms with E-state index in [1.54, 1.807) is 4.90 Å². The summed E-state index contributed by atoms with van der Waals surface area (Å²) in [5.74, 6) is -1.63. The van der Waals surface area contributed by atoms with Gasteiger partial charge in [-0.15, -0.1) is 0 Å². The summed E-state index contributed by atoms with van der Waals surface area (Å²) >= 11 is 0. The Labute approximate surface area is 159 Å². The molecule has 0 aliphatic carbocycles. The summed E-state index contributed by atoms with van der Waals surface area (Å²) in [6.07, 6.45) is 1.09. The first-order chi connectivity index (χ1) is 13.3. The summed E-state index contributed by atoms with van der Waals surface area (Å²) in [5, 5.41) is 43.9. The van der Waals surface area contributed by atoms with E-state index in [4.69, 9.17) is 14.8 Å². The van der Waals surface area contributed by atoms with Gasteiger partial charge in [-0.1, -0.05) is 6.07 Å². The van der Waals surface area contributed by atoms with Gasteiger partial charge in [-0.3, -0.25) is 9.89 Å². The van der Waals surface area contributed by atoms with Crippen molar-refractivity contribution in [1.29, 1.82) is 0 Å². The number of aromatic nitrogens is 3. The number of likely N-dealkylation sites (tertiary alicyclic amines) is 1. The molecule has 0 bridgehead atoms. The SMILES string of the molecule is O=C(O)c1c(OC2CN(C(=O)Cc3nc[nH]n3)C2)ccc(CCB(O)O)c1O. The van der Waals surface area contributed by atoms with Crippen molar-refractivity contribution in [2.75, 3.05) is 13.1 Å². The van der Waals surface area contributed by atoms with Gasteiger partial charge in [0, 0.05) is 0 Å². The Hall–Kier alpha value is -3.12. The Morgan fingerprint density at radius 2 is 2.07 bits per heavy atom. The standard InChI is InChI=1S/C16H19BN4O7/c22-13(5-12-18-8-19-20-12)21-6-10(7-21)28-11-2-1-9(3-4-17(26)27)15(23)14(11)16(24)25/h1-2,8,10,23,26-27H,3-7H2,(H,24,25)(H,18,19,20). The number of benzene rings is 1. The molecule has 1 fully saturated rings. The van der Waals surface area contributed by atoms with Crippen LogP contribution in [0.4, 0.5) is 0 Å². The van der Waals surface area contributed by atoms with E-state index in [9.17, 15) is 19.8 Å². The Morgan fingerprint density at radius 3 is 2.68 bits per heavy atom. The fraction of sp³-hybridized carbons (Fsp3) is 0.375. The molecular weight excluding hydrogens is 371 g/mol. The summed E-state index contributed by atoms with van der Waals surface area (Å²) in [6.45, 7) is 0.559. The van der Waals surface area contributed by atoms with Gasteiger partial charge >= 0.3 is 13.1 Å². The van der Waals surface area contributed by atoms with Crippen LogP contribution in [-0.4, -0.2) is 78.5 Å². The van der Waals surface area contributed by atoms with Crippen molar-refractivity contribution in [3.05, 3.63) is 35.4 Å². The van der Waals surface area contributed by atoms with Gasteiger partial charge in [0.1, 0.15) is 29.5 Å². The first-order valence-corrected chi connectivity index (χ1v) is 8.58. The molecule has 5 N–H and O–H groups in total. The summed E-state index contributed by atoms with van der Waals surface area (Å²) in [7, 11) is -1.56. The van der Waals surface area contributed by atoms with Crippen molar-refractivity contribution >= 4 is 19.0 Å². The molecule has 0 radical (unpaired) electrons. The fourth-order valence-electron chi connectivity index (χ4n) is 2.87. The lowest BCUT2D eigenvalue weighted by Crippen LogP contribution is -2.56. The van der Waals surface area contributed by atoms with Crippen molar-refractivity contribution in [3.8, 4) is 11.5 Å². The third-order valence-corrected chi connectivity index (χ3v) is 4.38. The normalized spacial score (nSPS) is 13.9. The molecule has 2 aromatic rings. The zero-order chi connectivity index (χ0) is 20.3. The van der Waals surface area contributed by atoms with E-state index in [0.29, 0.717) is 5.82 Å². The van der Waals surface area contributed by atoms with Crippen molar-refractivity contribution in [2.45, 2.75) is 25.3 Å². The zero-order valence-corrected chi connectivity index (χ0v) is 14.8. The molecule has 1 saturated heterocycles. The molecule has 11 nitrogen and oxygen atoms in total. The molecule has 1 amide bonds. The number of carbonyl (C=O) groups excluding carboxylic acids is 1. The number of H-pyrrole nitrogens is 1. The molecule has 148 valence electrons. The predicted octanol–water partition coefficient (Wildman–Crippen LogP) is -0.944. The highest BCUT2D eigenvalue weighted by Crippen LogP contribution is 2.34. The number of carbonyl (C=O) groups is 2. The number of aromatic amines is 1. The first kappa shape index (κ1) is 19.6. The number of hydrogen-bond donors (Lipinski definition) is 5. The number of aryl methyl sites for hydroxylation is 1. The molecule has 28 heavy (non-hydrogen) atoms. The zero-order valence-electron chi connectivity index (χ0n) is 14.8. The van der Waals surface area contributed by atoms with E-state index in [-0.39, 0.29) is 49.5 Å². The Kier molecular flexibility index (Phi) is 5.80. The van der Waals surface area contributed by atoms with Crippen LogP contribution in [0.5, 0.6) is 11.5 Å². The Balaban J connectivity index is 1.62. The van der Waals surface area contributed by atoms with Crippen LogP contribution in [0.2, 0.25) is 6.32 Å². The number of aromatic hydroxyl groups is 1. The summed E-state index contributed by atoms with van der Waals surface area (Å²) < 4.78 is 5.65. The number of carboxylic acid groups (broad SMARTS) is 1. The largest absolute Gasteiger partial charge is 0.507 e. The molecule has 1 aliphatic rings. The number of nitrogens with one attached hydrogen (secondary N) is 1. The smallest absolute Gasteiger partial charge is 0.451 e. The topological polar surface area (TPSA) is 169 Å². The number of rotatable bonds is 8. The molecule has 3 rings (SSSR count). The Morgan fingerprint density at radius 1 is 1.32 bits per heavy atom. The fourth-order valence-corrected chi connectivity index (χ4v) is 2.87. The number of carboxylic acids is 1. The van der Waals surface area contributed by atoms with Crippen molar-refractivity contribution < 1.29 is 34.6 Å². The Bertz CT molecular complexity index is 853. The third-order valence-electron chi connectivity index (χ3n) is 4.38. The summed E-state index contributed by atoms with van der Waals surface area (Å²) in [4.78, 5) is 29.1. The number of ether oxygens (including phenoxy) is 1. The highest BCUT2D eigenvalue weighted by Gasteiger charge is 2.34. The molecule has 12 heteroatoms. The average molecular weight is 390 g/mol. The van der Waals surface area contributed by atoms with Gasteiger partial charge in [0.15, 0.2) is 5.82 Å². The predicted molar refractivity (Wildman–Crippen MR) is 94.9 cm³/mol. The third kappa shape index (κ3) is 4.40. The maximum atomic E-state index is 12.1. The minimum Gasteiger partial charge on any atom is -0.507 e. The second kappa shape index (κ2) is 8.27. The van der Waals surface area contributed by atoms with Crippen LogP contribution in [0, 0.1) is 0 Å². The molecule has 1 aromatic carbocycles. The first-order valence-electron chi connectivity index (χ1n) is 8.58. The molecular formula is C16H19BN4O7. The van der Waals surface area contributed by atoms with Crippen LogP contribution in [0.25, 0.3) is 0 Å². The summed E-state index contributed by atoms with van der Waals surface area (Å²) in [6, 6.07) is 2.89. The van der Waals surface area contributed by atoms with Crippen LogP contribution in [0.3, 0.4) is 0 Å². The minimum absolute atomic E-state index is 0.00985. The highest BCUT2D eigenvalue weighted by atomic mass is 16.5. The molecule has 0 atom stereocenters. The maximum Gasteiger partial charge on any atom is 0.451 e. The van der Waals surface area contributed by atoms with Crippen molar-refractivity contribution in [1.82, 2.24) is 20.1 Å². The minimum atomic E-state index is -1.56. The van der Waals surface area contributed by atoms with E-state index >= 15 is 0 Å². The van der Waals surface area contributed by atoms with Gasteiger partial charge in [-0.25, -0.2) is 9.78 Å². The van der Waals surface area contributed by atoms with Gasteiger partial charge in [-0.05, 0) is 24.4 Å².